The average molecular weight is 614 g/mol. The molecule has 3 amide bonds. The highest BCUT2D eigenvalue weighted by Crippen LogP contribution is 2.50. The number of hydrogen-bond acceptors (Lipinski definition) is 7. The Kier molecular flexibility index (Phi) is 6.83. The number of carbonyl (C=O) groups excluding carboxylic acids is 3. The summed E-state index contributed by atoms with van der Waals surface area (Å²) in [7, 11) is 4.58. The Morgan fingerprint density at radius 3 is 2.20 bits per heavy atom. The highest BCUT2D eigenvalue weighted by molar-refractivity contribution is 6.20. The minimum atomic E-state index is -0.805. The molecule has 44 heavy (non-hydrogen) atoms. The van der Waals surface area contributed by atoms with Crippen LogP contribution in [-0.2, 0) is 4.84 Å². The lowest BCUT2D eigenvalue weighted by atomic mass is 9.79. The van der Waals surface area contributed by atoms with Crippen molar-refractivity contribution in [2.45, 2.75) is 12.0 Å². The number of aromatic amines is 1. The number of halogens is 1. The van der Waals surface area contributed by atoms with Gasteiger partial charge in [-0.2, -0.15) is 0 Å². The number of allylic oxidation sites excluding steroid dienone is 1. The molecule has 7 rings (SSSR count). The number of hydrogen-bond donors (Lipinski definition) is 1. The highest BCUT2D eigenvalue weighted by atomic mass is 35.5. The number of benzene rings is 3. The van der Waals surface area contributed by atoms with Crippen molar-refractivity contribution in [3.63, 3.8) is 0 Å². The summed E-state index contributed by atoms with van der Waals surface area (Å²) >= 11 is 6.50. The molecule has 1 aliphatic carbocycles. The van der Waals surface area contributed by atoms with E-state index in [2.05, 4.69) is 4.98 Å². The maximum atomic E-state index is 14.2. The number of H-pyrrole nitrogens is 1. The SMILES string of the molecule is COc1cc2cc(C(=O)N3C[C@@H](CCl)C4C3=CC(ON3C(=O)c5ccccc5C3=O)c3ccccc34)[nH]c2c(OC)c1OC. The van der Waals surface area contributed by atoms with Crippen molar-refractivity contribution in [1.82, 2.24) is 14.9 Å². The monoisotopic (exact) mass is 613 g/mol. The minimum absolute atomic E-state index is 0.0765. The van der Waals surface area contributed by atoms with E-state index in [0.717, 1.165) is 16.2 Å². The zero-order valence-corrected chi connectivity index (χ0v) is 24.9. The number of likely N-dealkylation sites (tertiary alicyclic amines) is 1. The first-order valence-corrected chi connectivity index (χ1v) is 14.6. The summed E-state index contributed by atoms with van der Waals surface area (Å²) in [5, 5.41) is 1.52. The van der Waals surface area contributed by atoms with Gasteiger partial charge in [-0.05, 0) is 41.5 Å². The van der Waals surface area contributed by atoms with Gasteiger partial charge in [0.25, 0.3) is 17.7 Å². The van der Waals surface area contributed by atoms with E-state index in [9.17, 15) is 14.4 Å². The Hall–Kier alpha value is -4.80. The number of nitrogens with zero attached hydrogens (tertiary/aromatic N) is 2. The third-order valence-electron chi connectivity index (χ3n) is 8.55. The molecule has 0 bridgehead atoms. The van der Waals surface area contributed by atoms with Crippen LogP contribution in [0.25, 0.3) is 10.9 Å². The molecule has 1 aromatic heterocycles. The van der Waals surface area contributed by atoms with E-state index < -0.39 is 17.9 Å². The lowest BCUT2D eigenvalue weighted by Crippen LogP contribution is -2.34. The van der Waals surface area contributed by atoms with Crippen LogP contribution in [0.5, 0.6) is 17.2 Å². The molecule has 2 unspecified atom stereocenters. The van der Waals surface area contributed by atoms with E-state index in [1.165, 1.54) is 21.3 Å². The number of imide groups is 1. The maximum Gasteiger partial charge on any atom is 0.285 e. The van der Waals surface area contributed by atoms with Crippen molar-refractivity contribution < 1.29 is 33.4 Å². The van der Waals surface area contributed by atoms with Crippen molar-refractivity contribution in [2.24, 2.45) is 5.92 Å². The molecule has 2 aliphatic heterocycles. The van der Waals surface area contributed by atoms with Crippen LogP contribution in [0, 0.1) is 5.92 Å². The van der Waals surface area contributed by atoms with E-state index in [1.807, 2.05) is 30.3 Å². The number of ether oxygens (including phenoxy) is 3. The number of fused-ring (bicyclic) bond motifs is 5. The largest absolute Gasteiger partial charge is 0.493 e. The van der Waals surface area contributed by atoms with E-state index in [0.29, 0.717) is 52.0 Å². The topological polar surface area (TPSA) is 110 Å². The Bertz CT molecular complexity index is 1850. The van der Waals surface area contributed by atoms with E-state index in [-0.39, 0.29) is 28.9 Å². The van der Waals surface area contributed by atoms with Gasteiger partial charge in [-0.25, -0.2) is 0 Å². The minimum Gasteiger partial charge on any atom is -0.493 e. The fourth-order valence-electron chi connectivity index (χ4n) is 6.57. The summed E-state index contributed by atoms with van der Waals surface area (Å²) in [5.41, 5.74) is 3.93. The highest BCUT2D eigenvalue weighted by Gasteiger charge is 2.46. The molecule has 10 nitrogen and oxygen atoms in total. The second-order valence-corrected chi connectivity index (χ2v) is 11.1. The molecule has 1 saturated heterocycles. The van der Waals surface area contributed by atoms with Crippen molar-refractivity contribution in [3.05, 3.63) is 100 Å². The van der Waals surface area contributed by atoms with Crippen LogP contribution in [-0.4, -0.2) is 66.4 Å². The van der Waals surface area contributed by atoms with E-state index in [1.54, 1.807) is 41.3 Å². The Morgan fingerprint density at radius 1 is 0.909 bits per heavy atom. The number of amides is 3. The standard InChI is InChI=1S/C33H28ClN3O7/c1-41-26-13-17-12-23(35-28(17)30(43-3)29(26)42-2)33(40)36-16-18(15-34)27-20-9-5-4-8-19(20)25(14-24(27)36)44-37-31(38)21-10-6-7-11-22(21)32(37)39/h4-14,18,25,27,35H,15-16H2,1-3H3/t18-,25?,27?/m1/s1. The maximum absolute atomic E-state index is 14.2. The molecule has 3 aromatic carbocycles. The van der Waals surface area contributed by atoms with E-state index in [4.69, 9.17) is 30.6 Å². The van der Waals surface area contributed by atoms with Crippen LogP contribution < -0.4 is 14.2 Å². The first kappa shape index (κ1) is 28.0. The van der Waals surface area contributed by atoms with Crippen LogP contribution >= 0.6 is 11.6 Å². The molecule has 0 radical (unpaired) electrons. The van der Waals surface area contributed by atoms with Gasteiger partial charge in [0.2, 0.25) is 5.75 Å². The average Bonchev–Trinajstić information content (AvgIpc) is 3.72. The van der Waals surface area contributed by atoms with Crippen molar-refractivity contribution in [1.29, 1.82) is 0 Å². The number of aromatic nitrogens is 1. The fourth-order valence-corrected chi connectivity index (χ4v) is 6.84. The predicted molar refractivity (Wildman–Crippen MR) is 161 cm³/mol. The molecule has 224 valence electrons. The summed E-state index contributed by atoms with van der Waals surface area (Å²) < 4.78 is 16.6. The zero-order valence-electron chi connectivity index (χ0n) is 24.1. The van der Waals surface area contributed by atoms with Gasteiger partial charge in [0.1, 0.15) is 11.8 Å². The molecule has 4 aromatic rings. The lowest BCUT2D eigenvalue weighted by Gasteiger charge is -2.32. The van der Waals surface area contributed by atoms with Gasteiger partial charge in [0, 0.05) is 35.3 Å². The summed E-state index contributed by atoms with van der Waals surface area (Å²) in [5.74, 6) is 0.0199. The number of rotatable bonds is 7. The summed E-state index contributed by atoms with van der Waals surface area (Å²) in [6, 6.07) is 17.8. The Morgan fingerprint density at radius 2 is 1.57 bits per heavy atom. The van der Waals surface area contributed by atoms with Gasteiger partial charge >= 0.3 is 0 Å². The molecule has 1 N–H and O–H groups in total. The molecule has 0 spiro atoms. The quantitative estimate of drug-likeness (QED) is 0.218. The van der Waals surface area contributed by atoms with Gasteiger partial charge in [0.15, 0.2) is 11.5 Å². The first-order valence-electron chi connectivity index (χ1n) is 14.0. The van der Waals surface area contributed by atoms with Gasteiger partial charge in [-0.3, -0.25) is 19.2 Å². The molecule has 3 aliphatic rings. The fraction of sp³-hybridized carbons (Fsp3) is 0.242. The third kappa shape index (κ3) is 4.09. The van der Waals surface area contributed by atoms with Crippen LogP contribution in [0.2, 0.25) is 0 Å². The number of methoxy groups -OCH3 is 3. The van der Waals surface area contributed by atoms with Gasteiger partial charge < -0.3 is 24.1 Å². The van der Waals surface area contributed by atoms with Crippen LogP contribution in [0.15, 0.2) is 72.4 Å². The molecule has 3 atom stereocenters. The van der Waals surface area contributed by atoms with Crippen LogP contribution in [0.1, 0.15) is 54.4 Å². The number of hydroxylamine groups is 2. The smallest absolute Gasteiger partial charge is 0.285 e. The molecular weight excluding hydrogens is 586 g/mol. The molecule has 3 heterocycles. The van der Waals surface area contributed by atoms with Crippen LogP contribution in [0.4, 0.5) is 0 Å². The second kappa shape index (κ2) is 10.7. The van der Waals surface area contributed by atoms with Crippen LogP contribution in [0.3, 0.4) is 0 Å². The third-order valence-corrected chi connectivity index (χ3v) is 8.94. The normalized spacial score (nSPS) is 20.4. The van der Waals surface area contributed by atoms with Crippen molar-refractivity contribution in [2.75, 3.05) is 33.8 Å². The Labute approximate surface area is 257 Å². The molecule has 11 heteroatoms. The second-order valence-electron chi connectivity index (χ2n) is 10.8. The van der Waals surface area contributed by atoms with Crippen molar-refractivity contribution in [3.8, 4) is 17.2 Å². The molecule has 1 fully saturated rings. The van der Waals surface area contributed by atoms with E-state index >= 15 is 0 Å². The summed E-state index contributed by atoms with van der Waals surface area (Å²) in [4.78, 5) is 51.6. The molecular formula is C33H28ClN3O7. The van der Waals surface area contributed by atoms with Crippen molar-refractivity contribution >= 4 is 40.2 Å². The lowest BCUT2D eigenvalue weighted by molar-refractivity contribution is -0.119. The van der Waals surface area contributed by atoms with Gasteiger partial charge in [-0.15, -0.1) is 16.7 Å². The first-order chi connectivity index (χ1) is 21.4. The summed E-state index contributed by atoms with van der Waals surface area (Å²) in [6.07, 6.45) is 1.01. The van der Waals surface area contributed by atoms with Gasteiger partial charge in [0.05, 0.1) is 38.0 Å². The van der Waals surface area contributed by atoms with Gasteiger partial charge in [-0.1, -0.05) is 36.4 Å². The molecule has 0 saturated carbocycles. The Balaban J connectivity index is 1.28. The number of carbonyl (C=O) groups is 3. The predicted octanol–water partition coefficient (Wildman–Crippen LogP) is 5.45. The summed E-state index contributed by atoms with van der Waals surface area (Å²) in [6.45, 7) is 0.367. The zero-order chi connectivity index (χ0) is 30.7. The number of nitrogens with one attached hydrogen (secondary N) is 1. The number of alkyl halides is 1.